The number of rotatable bonds is 3. The third kappa shape index (κ3) is 1.95. The van der Waals surface area contributed by atoms with Gasteiger partial charge in [-0.05, 0) is 31.6 Å². The summed E-state index contributed by atoms with van der Waals surface area (Å²) in [5.41, 5.74) is 0. The van der Waals surface area contributed by atoms with Crippen molar-refractivity contribution >= 4 is 5.97 Å². The van der Waals surface area contributed by atoms with Gasteiger partial charge in [-0.3, -0.25) is 4.79 Å². The van der Waals surface area contributed by atoms with Gasteiger partial charge in [0.2, 0.25) is 0 Å². The van der Waals surface area contributed by atoms with Crippen molar-refractivity contribution in [1.29, 1.82) is 0 Å². The van der Waals surface area contributed by atoms with E-state index in [9.17, 15) is 4.79 Å². The Bertz CT molecular complexity index is 157. The summed E-state index contributed by atoms with van der Waals surface area (Å²) in [5.74, 6) is 0.693. The number of carbonyl (C=O) groups is 1. The molecule has 11 heavy (non-hydrogen) atoms. The predicted molar refractivity (Wildman–Crippen MR) is 41.1 cm³/mol. The van der Waals surface area contributed by atoms with Gasteiger partial charge in [-0.2, -0.15) is 0 Å². The van der Waals surface area contributed by atoms with Gasteiger partial charge in [-0.15, -0.1) is 0 Å². The first-order valence-corrected chi connectivity index (χ1v) is 4.54. The van der Waals surface area contributed by atoms with Gasteiger partial charge >= 0.3 is 5.97 Å². The normalized spacial score (nSPS) is 24.4. The molecular weight excluding hydrogens is 140 g/mol. The average molecular weight is 154 g/mol. The smallest absolute Gasteiger partial charge is 0.306 e. The number of carbonyl (C=O) groups excluding carboxylic acids is 1. The molecule has 0 unspecified atom stereocenters. The fraction of sp³-hybridized carbons (Fsp3) is 0.889. The van der Waals surface area contributed by atoms with E-state index in [2.05, 4.69) is 0 Å². The van der Waals surface area contributed by atoms with Crippen LogP contribution in [-0.2, 0) is 9.53 Å². The summed E-state index contributed by atoms with van der Waals surface area (Å²) in [6.07, 6.45) is 6.94. The van der Waals surface area contributed by atoms with E-state index in [4.69, 9.17) is 4.74 Å². The van der Waals surface area contributed by atoms with Gasteiger partial charge in [-0.25, -0.2) is 0 Å². The third-order valence-corrected chi connectivity index (χ3v) is 2.50. The molecule has 0 saturated heterocycles. The molecule has 0 aromatic heterocycles. The lowest BCUT2D eigenvalue weighted by Gasteiger charge is -2.23. The van der Waals surface area contributed by atoms with Gasteiger partial charge in [-0.1, -0.05) is 6.42 Å². The molecule has 0 amide bonds. The summed E-state index contributed by atoms with van der Waals surface area (Å²) in [7, 11) is 0. The van der Waals surface area contributed by atoms with Crippen LogP contribution in [0.3, 0.4) is 0 Å². The molecule has 0 aliphatic heterocycles. The molecule has 0 aromatic carbocycles. The quantitative estimate of drug-likeness (QED) is 0.580. The lowest BCUT2D eigenvalue weighted by molar-refractivity contribution is -0.146. The summed E-state index contributed by atoms with van der Waals surface area (Å²) >= 11 is 0. The van der Waals surface area contributed by atoms with Gasteiger partial charge in [0.1, 0.15) is 6.10 Å². The zero-order valence-electron chi connectivity index (χ0n) is 6.71. The van der Waals surface area contributed by atoms with Crippen molar-refractivity contribution in [3.8, 4) is 0 Å². The minimum Gasteiger partial charge on any atom is -0.462 e. The Morgan fingerprint density at radius 3 is 2.45 bits per heavy atom. The molecule has 0 aromatic rings. The Hall–Kier alpha value is -0.530. The molecule has 62 valence electrons. The zero-order chi connectivity index (χ0) is 7.68. The van der Waals surface area contributed by atoms with E-state index in [0.29, 0.717) is 18.4 Å². The fourth-order valence-electron chi connectivity index (χ4n) is 1.35. The zero-order valence-corrected chi connectivity index (χ0v) is 6.71. The van der Waals surface area contributed by atoms with Crippen molar-refractivity contribution in [2.24, 2.45) is 5.92 Å². The van der Waals surface area contributed by atoms with Crippen LogP contribution in [0.15, 0.2) is 0 Å². The molecule has 2 rings (SSSR count). The number of hydrogen-bond donors (Lipinski definition) is 0. The molecule has 0 atom stereocenters. The van der Waals surface area contributed by atoms with Crippen molar-refractivity contribution in [1.82, 2.24) is 0 Å². The second-order valence-electron chi connectivity index (χ2n) is 3.69. The highest BCUT2D eigenvalue weighted by molar-refractivity contribution is 5.70. The second kappa shape index (κ2) is 2.84. The monoisotopic (exact) mass is 154 g/mol. The van der Waals surface area contributed by atoms with Crippen LogP contribution in [0.1, 0.15) is 38.5 Å². The predicted octanol–water partition coefficient (Wildman–Crippen LogP) is 1.88. The molecular formula is C9H14O2. The van der Waals surface area contributed by atoms with Crippen molar-refractivity contribution in [3.05, 3.63) is 0 Å². The molecule has 2 fully saturated rings. The van der Waals surface area contributed by atoms with Crippen LogP contribution in [0.5, 0.6) is 0 Å². The minimum atomic E-state index is 0.0391. The van der Waals surface area contributed by atoms with Gasteiger partial charge in [0.05, 0.1) is 0 Å². The van der Waals surface area contributed by atoms with Crippen LogP contribution < -0.4 is 0 Å². The van der Waals surface area contributed by atoms with Crippen LogP contribution in [0.2, 0.25) is 0 Å². The van der Waals surface area contributed by atoms with Crippen LogP contribution in [0.4, 0.5) is 0 Å². The van der Waals surface area contributed by atoms with E-state index >= 15 is 0 Å². The van der Waals surface area contributed by atoms with Crippen molar-refractivity contribution in [2.75, 3.05) is 0 Å². The highest BCUT2D eigenvalue weighted by Gasteiger charge is 2.28. The number of ether oxygens (including phenoxy) is 1. The summed E-state index contributed by atoms with van der Waals surface area (Å²) < 4.78 is 5.13. The molecule has 0 N–H and O–H groups in total. The lowest BCUT2D eigenvalue weighted by atomic mass is 9.83. The van der Waals surface area contributed by atoms with Gasteiger partial charge in [0, 0.05) is 6.42 Å². The Kier molecular flexibility index (Phi) is 1.84. The van der Waals surface area contributed by atoms with Gasteiger partial charge < -0.3 is 4.74 Å². The summed E-state index contributed by atoms with van der Waals surface area (Å²) in [6, 6.07) is 0. The second-order valence-corrected chi connectivity index (χ2v) is 3.69. The molecule has 0 bridgehead atoms. The molecule has 0 radical (unpaired) electrons. The molecule has 0 spiro atoms. The standard InChI is InChI=1S/C9H14O2/c10-9(11-8-4-5-8)6-7-2-1-3-7/h7-8H,1-6H2. The van der Waals surface area contributed by atoms with Crippen LogP contribution in [-0.4, -0.2) is 12.1 Å². The van der Waals surface area contributed by atoms with Gasteiger partial charge in [0.25, 0.3) is 0 Å². The summed E-state index contributed by atoms with van der Waals surface area (Å²) in [4.78, 5) is 11.1. The first-order valence-electron chi connectivity index (χ1n) is 4.54. The lowest BCUT2D eigenvalue weighted by Crippen LogP contribution is -2.18. The Morgan fingerprint density at radius 1 is 1.27 bits per heavy atom. The van der Waals surface area contributed by atoms with Crippen molar-refractivity contribution in [2.45, 2.75) is 44.6 Å². The maximum absolute atomic E-state index is 11.1. The SMILES string of the molecule is O=C(CC1CCC1)OC1CC1. The van der Waals surface area contributed by atoms with Crippen molar-refractivity contribution < 1.29 is 9.53 Å². The van der Waals surface area contributed by atoms with Crippen LogP contribution in [0.25, 0.3) is 0 Å². The molecule has 2 saturated carbocycles. The van der Waals surface area contributed by atoms with E-state index in [1.54, 1.807) is 0 Å². The van der Waals surface area contributed by atoms with E-state index in [1.807, 2.05) is 0 Å². The Morgan fingerprint density at radius 2 is 2.00 bits per heavy atom. The molecule has 0 heterocycles. The first-order chi connectivity index (χ1) is 5.34. The fourth-order valence-corrected chi connectivity index (χ4v) is 1.35. The maximum atomic E-state index is 11.1. The topological polar surface area (TPSA) is 26.3 Å². The molecule has 2 heteroatoms. The Labute approximate surface area is 66.9 Å². The largest absolute Gasteiger partial charge is 0.462 e. The molecule has 2 aliphatic rings. The van der Waals surface area contributed by atoms with E-state index in [0.717, 1.165) is 12.8 Å². The van der Waals surface area contributed by atoms with Crippen molar-refractivity contribution in [3.63, 3.8) is 0 Å². The highest BCUT2D eigenvalue weighted by atomic mass is 16.5. The van der Waals surface area contributed by atoms with Crippen LogP contribution >= 0.6 is 0 Å². The summed E-state index contributed by atoms with van der Waals surface area (Å²) in [6.45, 7) is 0. The number of hydrogen-bond acceptors (Lipinski definition) is 2. The highest BCUT2D eigenvalue weighted by Crippen LogP contribution is 2.31. The average Bonchev–Trinajstić information content (AvgIpc) is 2.62. The third-order valence-electron chi connectivity index (χ3n) is 2.50. The summed E-state index contributed by atoms with van der Waals surface area (Å²) in [5, 5.41) is 0. The Balaban J connectivity index is 1.63. The molecule has 2 aliphatic carbocycles. The van der Waals surface area contributed by atoms with E-state index in [1.165, 1.54) is 19.3 Å². The van der Waals surface area contributed by atoms with E-state index < -0.39 is 0 Å². The first kappa shape index (κ1) is 7.14. The van der Waals surface area contributed by atoms with Crippen LogP contribution in [0, 0.1) is 5.92 Å². The maximum Gasteiger partial charge on any atom is 0.306 e. The number of esters is 1. The van der Waals surface area contributed by atoms with E-state index in [-0.39, 0.29) is 5.97 Å². The molecule has 2 nitrogen and oxygen atoms in total. The minimum absolute atomic E-state index is 0.0391. The van der Waals surface area contributed by atoms with Gasteiger partial charge in [0.15, 0.2) is 0 Å².